The monoisotopic (exact) mass is 259 g/mol. The van der Waals surface area contributed by atoms with Gasteiger partial charge in [-0.1, -0.05) is 0 Å². The Labute approximate surface area is 104 Å². The standard InChI is InChI=1S/C7H11BO4.Y/c1-10-2-7-3-11-4(5(7)9)6(8)12-7;/h4-6,9H,2-3H2,1H3;/t4?,5-,6-,7+;/m1./s1. The smallest absolute Gasteiger partial charge is 0.142 e. The second kappa shape index (κ2) is 4.25. The fourth-order valence-electron chi connectivity index (χ4n) is 1.83. The van der Waals surface area contributed by atoms with Crippen molar-refractivity contribution in [3.63, 3.8) is 0 Å². The summed E-state index contributed by atoms with van der Waals surface area (Å²) in [4.78, 5) is 0. The number of hydrogen-bond acceptors (Lipinski definition) is 4. The average molecular weight is 259 g/mol. The predicted octanol–water partition coefficient (Wildman–Crippen LogP) is -1.35. The predicted molar refractivity (Wildman–Crippen MR) is 41.0 cm³/mol. The molecule has 0 aromatic heterocycles. The minimum Gasteiger partial charge on any atom is -0.387 e. The topological polar surface area (TPSA) is 47.9 Å². The van der Waals surface area contributed by atoms with Crippen molar-refractivity contribution in [1.82, 2.24) is 0 Å². The SMILES string of the molecule is [B][C@@H]1O[C@@]2(COC)COC1[C@H]2O.[Y]. The van der Waals surface area contributed by atoms with Crippen molar-refractivity contribution in [2.75, 3.05) is 20.3 Å². The van der Waals surface area contributed by atoms with Crippen LogP contribution in [0.2, 0.25) is 0 Å². The van der Waals surface area contributed by atoms with Crippen LogP contribution < -0.4 is 0 Å². The number of methoxy groups -OCH3 is 1. The summed E-state index contributed by atoms with van der Waals surface area (Å²) in [5.74, 6) is 0. The summed E-state index contributed by atoms with van der Waals surface area (Å²) < 4.78 is 15.6. The molecular formula is C7H11BO4Y. The molecule has 4 nitrogen and oxygen atoms in total. The molecule has 0 aliphatic carbocycles. The quantitative estimate of drug-likeness (QED) is 0.623. The van der Waals surface area contributed by atoms with E-state index in [2.05, 4.69) is 0 Å². The van der Waals surface area contributed by atoms with Crippen LogP contribution in [0.5, 0.6) is 0 Å². The second-order valence-electron chi connectivity index (χ2n) is 3.30. The number of rotatable bonds is 2. The Balaban J connectivity index is 0.000000845. The molecule has 3 radical (unpaired) electrons. The van der Waals surface area contributed by atoms with Crippen molar-refractivity contribution >= 4 is 7.85 Å². The number of fused-ring (bicyclic) bond motifs is 2. The Hall–Kier alpha value is 1.01. The molecule has 1 N–H and O–H groups in total. The summed E-state index contributed by atoms with van der Waals surface area (Å²) in [5, 5.41) is 9.67. The van der Waals surface area contributed by atoms with Crippen LogP contribution in [0, 0.1) is 0 Å². The summed E-state index contributed by atoms with van der Waals surface area (Å²) in [5.41, 5.74) is -0.723. The van der Waals surface area contributed by atoms with E-state index in [1.54, 1.807) is 7.11 Å². The van der Waals surface area contributed by atoms with E-state index in [0.717, 1.165) is 0 Å². The first-order valence-electron chi connectivity index (χ1n) is 3.92. The summed E-state index contributed by atoms with van der Waals surface area (Å²) in [6.45, 7) is 0.679. The second-order valence-corrected chi connectivity index (χ2v) is 3.30. The maximum atomic E-state index is 9.67. The zero-order chi connectivity index (χ0) is 8.77. The van der Waals surface area contributed by atoms with Crippen LogP contribution in [0.15, 0.2) is 0 Å². The van der Waals surface area contributed by atoms with Crippen molar-refractivity contribution in [2.45, 2.75) is 23.8 Å². The van der Waals surface area contributed by atoms with Gasteiger partial charge in [-0.05, 0) is 0 Å². The van der Waals surface area contributed by atoms with Gasteiger partial charge in [0.1, 0.15) is 25.7 Å². The number of hydrogen-bond donors (Lipinski definition) is 1. The molecule has 0 aromatic carbocycles. The fraction of sp³-hybridized carbons (Fsp3) is 1.00. The Kier molecular flexibility index (Phi) is 3.95. The molecule has 0 spiro atoms. The van der Waals surface area contributed by atoms with Crippen LogP contribution in [0.3, 0.4) is 0 Å². The van der Waals surface area contributed by atoms with Crippen LogP contribution in [-0.4, -0.2) is 57.1 Å². The molecule has 69 valence electrons. The van der Waals surface area contributed by atoms with E-state index >= 15 is 0 Å². The van der Waals surface area contributed by atoms with Gasteiger partial charge in [-0.15, -0.1) is 0 Å². The molecule has 0 aromatic rings. The van der Waals surface area contributed by atoms with Gasteiger partial charge >= 0.3 is 0 Å². The summed E-state index contributed by atoms with van der Waals surface area (Å²) >= 11 is 0. The molecule has 1 unspecified atom stereocenters. The van der Waals surface area contributed by atoms with Gasteiger partial charge in [0.05, 0.1) is 13.2 Å². The van der Waals surface area contributed by atoms with E-state index in [1.165, 1.54) is 0 Å². The Morgan fingerprint density at radius 3 is 2.77 bits per heavy atom. The Bertz CT molecular complexity index is 193. The number of aliphatic hydroxyl groups is 1. The molecule has 2 fully saturated rings. The van der Waals surface area contributed by atoms with Gasteiger partial charge in [0, 0.05) is 45.8 Å². The van der Waals surface area contributed by atoms with Gasteiger partial charge in [-0.2, -0.15) is 0 Å². The molecular weight excluding hydrogens is 248 g/mol. The number of aliphatic hydroxyl groups excluding tert-OH is 1. The fourth-order valence-corrected chi connectivity index (χ4v) is 1.83. The first-order chi connectivity index (χ1) is 5.69. The van der Waals surface area contributed by atoms with E-state index in [-0.39, 0.29) is 38.8 Å². The molecule has 2 heterocycles. The molecule has 13 heavy (non-hydrogen) atoms. The van der Waals surface area contributed by atoms with Crippen molar-refractivity contribution < 1.29 is 52.0 Å². The number of ether oxygens (including phenoxy) is 3. The van der Waals surface area contributed by atoms with Gasteiger partial charge < -0.3 is 19.3 Å². The molecule has 6 heteroatoms. The summed E-state index contributed by atoms with van der Waals surface area (Å²) in [6, 6.07) is -0.524. The van der Waals surface area contributed by atoms with E-state index in [4.69, 9.17) is 22.1 Å². The van der Waals surface area contributed by atoms with Gasteiger partial charge in [-0.3, -0.25) is 0 Å². The van der Waals surface area contributed by atoms with Crippen LogP contribution >= 0.6 is 0 Å². The van der Waals surface area contributed by atoms with Crippen molar-refractivity contribution in [3.05, 3.63) is 0 Å². The zero-order valence-corrected chi connectivity index (χ0v) is 10.3. The van der Waals surface area contributed by atoms with Crippen molar-refractivity contribution in [1.29, 1.82) is 0 Å². The summed E-state index contributed by atoms with van der Waals surface area (Å²) in [7, 11) is 7.12. The summed E-state index contributed by atoms with van der Waals surface area (Å²) in [6.07, 6.45) is -1.05. The van der Waals surface area contributed by atoms with Gasteiger partial charge in [0.2, 0.25) is 0 Å². The largest absolute Gasteiger partial charge is 0.387 e. The van der Waals surface area contributed by atoms with Crippen LogP contribution in [0.4, 0.5) is 0 Å². The minimum atomic E-state index is -0.723. The molecule has 0 saturated carbocycles. The molecule has 2 rings (SSSR count). The third-order valence-corrected chi connectivity index (χ3v) is 2.45. The van der Waals surface area contributed by atoms with E-state index in [0.29, 0.717) is 13.2 Å². The van der Waals surface area contributed by atoms with Crippen LogP contribution in [0.25, 0.3) is 0 Å². The average Bonchev–Trinajstić information content (AvgIpc) is 2.41. The third-order valence-electron chi connectivity index (χ3n) is 2.45. The first-order valence-corrected chi connectivity index (χ1v) is 3.92. The molecule has 2 aliphatic heterocycles. The van der Waals surface area contributed by atoms with E-state index in [9.17, 15) is 5.11 Å². The molecule has 2 bridgehead atoms. The van der Waals surface area contributed by atoms with Gasteiger partial charge in [-0.25, -0.2) is 0 Å². The Morgan fingerprint density at radius 1 is 1.69 bits per heavy atom. The normalized spacial score (nSPS) is 47.7. The Morgan fingerprint density at radius 2 is 2.38 bits per heavy atom. The maximum Gasteiger partial charge on any atom is 0.142 e. The van der Waals surface area contributed by atoms with Crippen molar-refractivity contribution in [2.24, 2.45) is 0 Å². The van der Waals surface area contributed by atoms with E-state index in [1.807, 2.05) is 0 Å². The van der Waals surface area contributed by atoms with Crippen molar-refractivity contribution in [3.8, 4) is 0 Å². The first kappa shape index (κ1) is 12.1. The molecule has 4 atom stereocenters. The third kappa shape index (κ3) is 1.75. The molecule has 2 aliphatic rings. The van der Waals surface area contributed by atoms with Crippen LogP contribution in [-0.2, 0) is 46.9 Å². The van der Waals surface area contributed by atoms with Gasteiger partial charge in [0.25, 0.3) is 0 Å². The van der Waals surface area contributed by atoms with Gasteiger partial charge in [0.15, 0.2) is 0 Å². The zero-order valence-electron chi connectivity index (χ0n) is 7.47. The molecule has 2 saturated heterocycles. The van der Waals surface area contributed by atoms with E-state index < -0.39 is 17.7 Å². The maximum absolute atomic E-state index is 9.67. The minimum absolute atomic E-state index is 0. The molecule has 0 amide bonds. The van der Waals surface area contributed by atoms with Crippen LogP contribution in [0.1, 0.15) is 0 Å².